The number of benzene rings is 2. The summed E-state index contributed by atoms with van der Waals surface area (Å²) in [6, 6.07) is 10.5. The number of aromatic nitrogens is 1. The van der Waals surface area contributed by atoms with Gasteiger partial charge in [-0.2, -0.15) is 0 Å². The monoisotopic (exact) mass is 590 g/mol. The van der Waals surface area contributed by atoms with Crippen LogP contribution in [0.25, 0.3) is 6.08 Å². The first-order valence-corrected chi connectivity index (χ1v) is 12.6. The summed E-state index contributed by atoms with van der Waals surface area (Å²) in [5.74, 6) is -0.463. The van der Waals surface area contributed by atoms with Gasteiger partial charge in [0.15, 0.2) is 4.80 Å². The molecule has 33 heavy (non-hydrogen) atoms. The maximum atomic E-state index is 13.6. The van der Waals surface area contributed by atoms with E-state index in [-0.39, 0.29) is 17.9 Å². The summed E-state index contributed by atoms with van der Waals surface area (Å²) < 4.78 is 8.49. The fourth-order valence-corrected chi connectivity index (χ4v) is 5.99. The number of nitrogens with zero attached hydrogens (tertiary/aromatic N) is 2. The minimum atomic E-state index is -0.661. The van der Waals surface area contributed by atoms with E-state index in [9.17, 15) is 14.7 Å². The number of carbonyl (C=O) groups excluding carboxylic acids is 1. The summed E-state index contributed by atoms with van der Waals surface area (Å²) in [5.41, 5.74) is 2.90. The molecule has 0 fully saturated rings. The van der Waals surface area contributed by atoms with Gasteiger partial charge in [-0.3, -0.25) is 9.36 Å². The predicted molar refractivity (Wildman–Crippen MR) is 135 cm³/mol. The molecule has 2 aromatic carbocycles. The lowest BCUT2D eigenvalue weighted by Gasteiger charge is -2.24. The molecular formula is C24H20Br2N2O4S. The lowest BCUT2D eigenvalue weighted by Crippen LogP contribution is -2.39. The first kappa shape index (κ1) is 23.7. The Bertz CT molecular complexity index is 1470. The topological polar surface area (TPSA) is 80.9 Å². The molecule has 0 radical (unpaired) electrons. The molecule has 1 aromatic heterocycles. The molecule has 0 unspecified atom stereocenters. The Kier molecular flexibility index (Phi) is 6.74. The second-order valence-electron chi connectivity index (χ2n) is 7.54. The second-order valence-corrected chi connectivity index (χ2v) is 10.3. The van der Waals surface area contributed by atoms with Crippen LogP contribution in [0.3, 0.4) is 0 Å². The van der Waals surface area contributed by atoms with Crippen molar-refractivity contribution >= 4 is 55.2 Å². The van der Waals surface area contributed by atoms with E-state index < -0.39 is 12.0 Å². The summed E-state index contributed by atoms with van der Waals surface area (Å²) in [6.07, 6.45) is 1.63. The van der Waals surface area contributed by atoms with Gasteiger partial charge in [0.25, 0.3) is 5.56 Å². The van der Waals surface area contributed by atoms with Crippen molar-refractivity contribution in [2.45, 2.75) is 26.8 Å². The predicted octanol–water partition coefficient (Wildman–Crippen LogP) is 4.34. The molecule has 0 amide bonds. The van der Waals surface area contributed by atoms with Crippen molar-refractivity contribution in [1.82, 2.24) is 4.57 Å². The summed E-state index contributed by atoms with van der Waals surface area (Å²) in [6.45, 7) is 5.69. The van der Waals surface area contributed by atoms with E-state index in [2.05, 4.69) is 36.9 Å². The molecule has 4 rings (SSSR count). The number of hydrogen-bond donors (Lipinski definition) is 1. The van der Waals surface area contributed by atoms with Crippen molar-refractivity contribution in [3.8, 4) is 5.75 Å². The maximum absolute atomic E-state index is 13.6. The van der Waals surface area contributed by atoms with Crippen molar-refractivity contribution in [2.75, 3.05) is 6.61 Å². The summed E-state index contributed by atoms with van der Waals surface area (Å²) >= 11 is 7.94. The van der Waals surface area contributed by atoms with Crippen LogP contribution in [0, 0.1) is 6.92 Å². The van der Waals surface area contributed by atoms with Crippen LogP contribution in [0.2, 0.25) is 0 Å². The molecule has 3 aromatic rings. The Balaban J connectivity index is 1.98. The molecule has 1 atom stereocenters. The molecule has 1 N–H and O–H groups in total. The zero-order valence-corrected chi connectivity index (χ0v) is 22.0. The standard InChI is InChI=1S/C24H20Br2N2O4S/c1-4-32-23(31)19-13(3)27-24-28(20(19)14-7-5-12(2)6-8-14)22(30)18(33-24)10-15-9-16(25)11-17(26)21(15)29/h5-11,20,29H,4H2,1-3H3/b18-10+/t20-/m0/s1. The first-order chi connectivity index (χ1) is 15.7. The number of thiazole rings is 1. The van der Waals surface area contributed by atoms with Crippen molar-refractivity contribution in [3.05, 3.63) is 93.0 Å². The van der Waals surface area contributed by atoms with Gasteiger partial charge in [-0.1, -0.05) is 57.1 Å². The number of allylic oxidation sites excluding steroid dienone is 1. The largest absolute Gasteiger partial charge is 0.506 e. The van der Waals surface area contributed by atoms with Crippen LogP contribution in [-0.4, -0.2) is 22.2 Å². The first-order valence-electron chi connectivity index (χ1n) is 10.2. The normalized spacial score (nSPS) is 15.9. The highest BCUT2D eigenvalue weighted by Gasteiger charge is 2.33. The number of phenolic OH excluding ortho intramolecular Hbond substituents is 1. The van der Waals surface area contributed by atoms with E-state index in [1.807, 2.05) is 31.2 Å². The van der Waals surface area contributed by atoms with E-state index in [4.69, 9.17) is 4.74 Å². The van der Waals surface area contributed by atoms with Gasteiger partial charge in [-0.25, -0.2) is 9.79 Å². The molecule has 0 bridgehead atoms. The van der Waals surface area contributed by atoms with Crippen LogP contribution < -0.4 is 14.9 Å². The minimum absolute atomic E-state index is 0.0301. The van der Waals surface area contributed by atoms with Gasteiger partial charge in [0.1, 0.15) is 5.75 Å². The number of carbonyl (C=O) groups is 1. The highest BCUT2D eigenvalue weighted by atomic mass is 79.9. The highest BCUT2D eigenvalue weighted by molar-refractivity contribution is 9.11. The van der Waals surface area contributed by atoms with Crippen molar-refractivity contribution in [3.63, 3.8) is 0 Å². The average molecular weight is 592 g/mol. The van der Waals surface area contributed by atoms with E-state index in [1.165, 1.54) is 15.9 Å². The van der Waals surface area contributed by atoms with E-state index in [0.29, 0.717) is 30.6 Å². The smallest absolute Gasteiger partial charge is 0.338 e. The number of aryl methyl sites for hydroxylation is 1. The van der Waals surface area contributed by atoms with Gasteiger partial charge in [0.2, 0.25) is 0 Å². The Hall–Kier alpha value is -2.49. The Morgan fingerprint density at radius 3 is 2.61 bits per heavy atom. The van der Waals surface area contributed by atoms with Crippen LogP contribution in [0.1, 0.15) is 36.6 Å². The van der Waals surface area contributed by atoms with Crippen molar-refractivity contribution in [1.29, 1.82) is 0 Å². The lowest BCUT2D eigenvalue weighted by molar-refractivity contribution is -0.139. The van der Waals surface area contributed by atoms with Gasteiger partial charge in [-0.05, 0) is 60.5 Å². The molecule has 6 nitrogen and oxygen atoms in total. The third-order valence-electron chi connectivity index (χ3n) is 5.25. The molecule has 2 heterocycles. The van der Waals surface area contributed by atoms with E-state index in [1.54, 1.807) is 32.1 Å². The summed E-state index contributed by atoms with van der Waals surface area (Å²) in [4.78, 5) is 31.5. The molecule has 9 heteroatoms. The van der Waals surface area contributed by atoms with E-state index >= 15 is 0 Å². The molecule has 0 aliphatic carbocycles. The number of phenols is 1. The Morgan fingerprint density at radius 2 is 1.94 bits per heavy atom. The van der Waals surface area contributed by atoms with Crippen LogP contribution in [-0.2, 0) is 9.53 Å². The zero-order valence-electron chi connectivity index (χ0n) is 18.1. The van der Waals surface area contributed by atoms with E-state index in [0.717, 1.165) is 15.6 Å². The number of fused-ring (bicyclic) bond motifs is 1. The number of ether oxygens (including phenoxy) is 1. The maximum Gasteiger partial charge on any atom is 0.338 e. The van der Waals surface area contributed by atoms with Crippen LogP contribution in [0.4, 0.5) is 0 Å². The number of halogens is 2. The van der Waals surface area contributed by atoms with Crippen LogP contribution in [0.15, 0.2) is 66.4 Å². The molecule has 1 aliphatic heterocycles. The fourth-order valence-electron chi connectivity index (χ4n) is 3.69. The molecule has 0 saturated heterocycles. The lowest BCUT2D eigenvalue weighted by atomic mass is 9.95. The third kappa shape index (κ3) is 4.49. The third-order valence-corrected chi connectivity index (χ3v) is 7.30. The number of aromatic hydroxyl groups is 1. The molecule has 0 spiro atoms. The molecule has 170 valence electrons. The SMILES string of the molecule is CCOC(=O)C1=C(C)N=c2s/c(=C/c3cc(Br)cc(Br)c3O)c(=O)n2[C@H]1c1ccc(C)cc1. The fraction of sp³-hybridized carbons (Fsp3) is 0.208. The molecule has 0 saturated carbocycles. The number of hydrogen-bond acceptors (Lipinski definition) is 6. The number of rotatable bonds is 4. The van der Waals surface area contributed by atoms with Crippen LogP contribution in [0.5, 0.6) is 5.75 Å². The van der Waals surface area contributed by atoms with Gasteiger partial charge in [-0.15, -0.1) is 0 Å². The van der Waals surface area contributed by atoms with Gasteiger partial charge < -0.3 is 9.84 Å². The van der Waals surface area contributed by atoms with Gasteiger partial charge in [0, 0.05) is 10.0 Å². The van der Waals surface area contributed by atoms with Gasteiger partial charge >= 0.3 is 5.97 Å². The number of esters is 1. The Labute approximate surface area is 210 Å². The minimum Gasteiger partial charge on any atom is -0.506 e. The highest BCUT2D eigenvalue weighted by Crippen LogP contribution is 2.33. The molecular weight excluding hydrogens is 572 g/mol. The van der Waals surface area contributed by atoms with Crippen molar-refractivity contribution < 1.29 is 14.6 Å². The summed E-state index contributed by atoms with van der Waals surface area (Å²) in [7, 11) is 0. The van der Waals surface area contributed by atoms with Crippen LogP contribution >= 0.6 is 43.2 Å². The van der Waals surface area contributed by atoms with Crippen molar-refractivity contribution in [2.24, 2.45) is 4.99 Å². The average Bonchev–Trinajstić information content (AvgIpc) is 3.06. The second kappa shape index (κ2) is 9.40. The quantitative estimate of drug-likeness (QED) is 0.458. The Morgan fingerprint density at radius 1 is 1.24 bits per heavy atom. The summed E-state index contributed by atoms with van der Waals surface area (Å²) in [5, 5.41) is 10.5. The zero-order chi connectivity index (χ0) is 23.9. The van der Waals surface area contributed by atoms with Gasteiger partial charge in [0.05, 0.1) is 32.9 Å². The molecule has 1 aliphatic rings.